The molecule has 96 valence electrons. The second-order valence-electron chi connectivity index (χ2n) is 3.99. The van der Waals surface area contributed by atoms with Gasteiger partial charge in [0.2, 0.25) is 0 Å². The van der Waals surface area contributed by atoms with Gasteiger partial charge in [-0.1, -0.05) is 12.1 Å². The summed E-state index contributed by atoms with van der Waals surface area (Å²) in [5.41, 5.74) is 6.62. The normalized spacial score (nSPS) is 10.6. The molecule has 0 unspecified atom stereocenters. The van der Waals surface area contributed by atoms with Crippen molar-refractivity contribution in [2.24, 2.45) is 5.73 Å². The number of benzene rings is 1. The van der Waals surface area contributed by atoms with Crippen LogP contribution in [0.4, 0.5) is 0 Å². The SMILES string of the molecule is COc1ccc(Cn2nnnc2CCCN)cc1. The predicted molar refractivity (Wildman–Crippen MR) is 67.3 cm³/mol. The fourth-order valence-corrected chi connectivity index (χ4v) is 1.69. The Morgan fingerprint density at radius 2 is 2.06 bits per heavy atom. The minimum Gasteiger partial charge on any atom is -0.497 e. The average Bonchev–Trinajstić information content (AvgIpc) is 2.84. The van der Waals surface area contributed by atoms with Gasteiger partial charge in [-0.2, -0.15) is 0 Å². The number of methoxy groups -OCH3 is 1. The second kappa shape index (κ2) is 6.11. The first-order chi connectivity index (χ1) is 8.83. The molecule has 2 rings (SSSR count). The van der Waals surface area contributed by atoms with Crippen molar-refractivity contribution in [1.82, 2.24) is 20.2 Å². The van der Waals surface area contributed by atoms with Crippen LogP contribution in [0.15, 0.2) is 24.3 Å². The number of hydrogen-bond donors (Lipinski definition) is 1. The summed E-state index contributed by atoms with van der Waals surface area (Å²) in [5.74, 6) is 1.72. The van der Waals surface area contributed by atoms with Gasteiger partial charge >= 0.3 is 0 Å². The minimum absolute atomic E-state index is 0.648. The van der Waals surface area contributed by atoms with Crippen molar-refractivity contribution in [2.45, 2.75) is 19.4 Å². The summed E-state index contributed by atoms with van der Waals surface area (Å²) in [5, 5.41) is 11.7. The first-order valence-electron chi connectivity index (χ1n) is 5.91. The zero-order chi connectivity index (χ0) is 12.8. The fourth-order valence-electron chi connectivity index (χ4n) is 1.69. The van der Waals surface area contributed by atoms with Gasteiger partial charge in [0.25, 0.3) is 0 Å². The number of ether oxygens (including phenoxy) is 1. The van der Waals surface area contributed by atoms with Crippen LogP contribution in [-0.2, 0) is 13.0 Å². The third kappa shape index (κ3) is 3.04. The van der Waals surface area contributed by atoms with Crippen LogP contribution in [0.1, 0.15) is 17.8 Å². The summed E-state index contributed by atoms with van der Waals surface area (Å²) < 4.78 is 6.92. The number of aromatic nitrogens is 4. The molecule has 18 heavy (non-hydrogen) atoms. The first-order valence-corrected chi connectivity index (χ1v) is 5.91. The highest BCUT2D eigenvalue weighted by Crippen LogP contribution is 2.12. The molecule has 1 aromatic heterocycles. The number of rotatable bonds is 6. The lowest BCUT2D eigenvalue weighted by atomic mass is 10.2. The Hall–Kier alpha value is -1.95. The Labute approximate surface area is 106 Å². The molecular weight excluding hydrogens is 230 g/mol. The van der Waals surface area contributed by atoms with Crippen molar-refractivity contribution in [3.8, 4) is 5.75 Å². The Balaban J connectivity index is 2.05. The maximum Gasteiger partial charge on any atom is 0.151 e. The average molecular weight is 247 g/mol. The standard InChI is InChI=1S/C12H17N5O/c1-18-11-6-4-10(5-7-11)9-17-12(3-2-8-13)14-15-16-17/h4-7H,2-3,8-9,13H2,1H3. The topological polar surface area (TPSA) is 78.8 Å². The van der Waals surface area contributed by atoms with E-state index in [-0.39, 0.29) is 0 Å². The number of aryl methyl sites for hydroxylation is 1. The number of tetrazole rings is 1. The molecular formula is C12H17N5O. The smallest absolute Gasteiger partial charge is 0.151 e. The van der Waals surface area contributed by atoms with Crippen molar-refractivity contribution in [3.63, 3.8) is 0 Å². The fraction of sp³-hybridized carbons (Fsp3) is 0.417. The van der Waals surface area contributed by atoms with Gasteiger partial charge in [-0.15, -0.1) is 5.10 Å². The van der Waals surface area contributed by atoms with Crippen LogP contribution < -0.4 is 10.5 Å². The van der Waals surface area contributed by atoms with E-state index in [0.29, 0.717) is 13.1 Å². The number of nitrogens with zero attached hydrogens (tertiary/aromatic N) is 4. The van der Waals surface area contributed by atoms with Crippen LogP contribution in [0.3, 0.4) is 0 Å². The summed E-state index contributed by atoms with van der Waals surface area (Å²) in [6, 6.07) is 7.87. The van der Waals surface area contributed by atoms with Gasteiger partial charge in [0, 0.05) is 6.42 Å². The van der Waals surface area contributed by atoms with Gasteiger partial charge < -0.3 is 10.5 Å². The molecule has 0 saturated carbocycles. The lowest BCUT2D eigenvalue weighted by Gasteiger charge is -2.05. The Kier molecular flexibility index (Phi) is 4.25. The molecule has 0 atom stereocenters. The van der Waals surface area contributed by atoms with Crippen LogP contribution in [0.5, 0.6) is 5.75 Å². The van der Waals surface area contributed by atoms with Crippen molar-refractivity contribution in [3.05, 3.63) is 35.7 Å². The molecule has 0 fully saturated rings. The van der Waals surface area contributed by atoms with Crippen LogP contribution in [0, 0.1) is 0 Å². The van der Waals surface area contributed by atoms with E-state index in [9.17, 15) is 0 Å². The maximum atomic E-state index is 5.49. The van der Waals surface area contributed by atoms with Crippen LogP contribution in [-0.4, -0.2) is 33.9 Å². The second-order valence-corrected chi connectivity index (χ2v) is 3.99. The quantitative estimate of drug-likeness (QED) is 0.809. The molecule has 0 amide bonds. The zero-order valence-electron chi connectivity index (χ0n) is 10.4. The molecule has 1 aromatic carbocycles. The van der Waals surface area contributed by atoms with Crippen LogP contribution in [0.2, 0.25) is 0 Å². The highest BCUT2D eigenvalue weighted by molar-refractivity contribution is 5.27. The Morgan fingerprint density at radius 3 is 2.72 bits per heavy atom. The van der Waals surface area contributed by atoms with E-state index in [4.69, 9.17) is 10.5 Å². The van der Waals surface area contributed by atoms with Crippen molar-refractivity contribution in [2.75, 3.05) is 13.7 Å². The van der Waals surface area contributed by atoms with Gasteiger partial charge in [0.15, 0.2) is 5.82 Å². The van der Waals surface area contributed by atoms with E-state index in [2.05, 4.69) is 15.5 Å². The van der Waals surface area contributed by atoms with Gasteiger partial charge in [-0.25, -0.2) is 4.68 Å². The molecule has 0 radical (unpaired) electrons. The van der Waals surface area contributed by atoms with Gasteiger partial charge in [0.1, 0.15) is 5.75 Å². The highest BCUT2D eigenvalue weighted by atomic mass is 16.5. The van der Waals surface area contributed by atoms with E-state index >= 15 is 0 Å². The summed E-state index contributed by atoms with van der Waals surface area (Å²) in [6.07, 6.45) is 1.70. The molecule has 0 bridgehead atoms. The highest BCUT2D eigenvalue weighted by Gasteiger charge is 2.06. The molecule has 6 heteroatoms. The van der Waals surface area contributed by atoms with E-state index in [1.807, 2.05) is 24.3 Å². The van der Waals surface area contributed by atoms with Crippen molar-refractivity contribution in [1.29, 1.82) is 0 Å². The predicted octanol–water partition coefficient (Wildman–Crippen LogP) is 0.621. The summed E-state index contributed by atoms with van der Waals surface area (Å²) in [4.78, 5) is 0. The Bertz CT molecular complexity index is 479. The Morgan fingerprint density at radius 1 is 1.28 bits per heavy atom. The third-order valence-electron chi connectivity index (χ3n) is 2.70. The first kappa shape index (κ1) is 12.5. The summed E-state index contributed by atoms with van der Waals surface area (Å²) in [7, 11) is 1.65. The van der Waals surface area contributed by atoms with Crippen LogP contribution >= 0.6 is 0 Å². The molecule has 0 saturated heterocycles. The largest absolute Gasteiger partial charge is 0.497 e. The monoisotopic (exact) mass is 247 g/mol. The molecule has 0 aliphatic rings. The zero-order valence-corrected chi connectivity index (χ0v) is 10.4. The lowest BCUT2D eigenvalue weighted by Crippen LogP contribution is -2.09. The maximum absolute atomic E-state index is 5.49. The lowest BCUT2D eigenvalue weighted by molar-refractivity contribution is 0.414. The van der Waals surface area contributed by atoms with Crippen LogP contribution in [0.25, 0.3) is 0 Å². The molecule has 0 aliphatic carbocycles. The molecule has 0 aliphatic heterocycles. The molecule has 2 aromatic rings. The van der Waals surface area contributed by atoms with E-state index in [1.54, 1.807) is 11.8 Å². The van der Waals surface area contributed by atoms with Gasteiger partial charge in [0.05, 0.1) is 13.7 Å². The minimum atomic E-state index is 0.648. The van der Waals surface area contributed by atoms with E-state index in [1.165, 1.54) is 0 Å². The number of nitrogens with two attached hydrogens (primary N) is 1. The molecule has 1 heterocycles. The van der Waals surface area contributed by atoms with Gasteiger partial charge in [-0.05, 0) is 41.1 Å². The molecule has 0 spiro atoms. The van der Waals surface area contributed by atoms with Crippen molar-refractivity contribution >= 4 is 0 Å². The molecule has 6 nitrogen and oxygen atoms in total. The van der Waals surface area contributed by atoms with Crippen molar-refractivity contribution < 1.29 is 4.74 Å². The number of hydrogen-bond acceptors (Lipinski definition) is 5. The van der Waals surface area contributed by atoms with Gasteiger partial charge in [-0.3, -0.25) is 0 Å². The van der Waals surface area contributed by atoms with E-state index < -0.39 is 0 Å². The molecule has 2 N–H and O–H groups in total. The summed E-state index contributed by atoms with van der Waals surface area (Å²) >= 11 is 0. The van der Waals surface area contributed by atoms with E-state index in [0.717, 1.165) is 30.0 Å². The summed E-state index contributed by atoms with van der Waals surface area (Å²) in [6.45, 7) is 1.31. The third-order valence-corrected chi connectivity index (χ3v) is 2.70.